The van der Waals surface area contributed by atoms with Crippen LogP contribution in [0.25, 0.3) is 0 Å². The van der Waals surface area contributed by atoms with Gasteiger partial charge in [-0.05, 0) is 18.9 Å². The third kappa shape index (κ3) is 2.30. The largest absolute Gasteiger partial charge is 0.496 e. The third-order valence-electron chi connectivity index (χ3n) is 2.46. The van der Waals surface area contributed by atoms with Gasteiger partial charge in [-0.1, -0.05) is 0 Å². The smallest absolute Gasteiger partial charge is 0.216 e. The van der Waals surface area contributed by atoms with Crippen LogP contribution < -0.4 is 10.5 Å². The van der Waals surface area contributed by atoms with Gasteiger partial charge in [-0.15, -0.1) is 0 Å². The van der Waals surface area contributed by atoms with Crippen LogP contribution in [0, 0.1) is 0 Å². The van der Waals surface area contributed by atoms with Crippen molar-refractivity contribution in [2.24, 2.45) is 5.73 Å². The van der Waals surface area contributed by atoms with E-state index in [1.807, 2.05) is 6.08 Å². The molecule has 0 saturated heterocycles. The minimum atomic E-state index is -0.336. The molecule has 0 bridgehead atoms. The monoisotopic (exact) mass is 221 g/mol. The first-order valence-electron chi connectivity index (χ1n) is 5.25. The molecule has 1 aliphatic heterocycles. The normalized spacial score (nSPS) is 17.2. The molecule has 0 aromatic carbocycles. The average Bonchev–Trinajstić information content (AvgIpc) is 2.39. The van der Waals surface area contributed by atoms with Crippen molar-refractivity contribution in [3.63, 3.8) is 0 Å². The van der Waals surface area contributed by atoms with Crippen molar-refractivity contribution < 1.29 is 9.47 Å². The summed E-state index contributed by atoms with van der Waals surface area (Å²) in [6.45, 7) is 0.724. The van der Waals surface area contributed by atoms with Crippen LogP contribution in [0.5, 0.6) is 5.88 Å². The second-order valence-electron chi connectivity index (χ2n) is 3.56. The van der Waals surface area contributed by atoms with Gasteiger partial charge in [-0.2, -0.15) is 0 Å². The van der Waals surface area contributed by atoms with E-state index < -0.39 is 0 Å². The number of nitrogens with zero attached hydrogens (tertiary/aromatic N) is 2. The fourth-order valence-corrected chi connectivity index (χ4v) is 1.57. The first kappa shape index (κ1) is 10.9. The maximum atomic E-state index is 6.05. The van der Waals surface area contributed by atoms with E-state index in [2.05, 4.69) is 9.97 Å². The molecule has 2 rings (SSSR count). The number of methoxy groups -OCH3 is 1. The highest BCUT2D eigenvalue weighted by Crippen LogP contribution is 2.23. The summed E-state index contributed by atoms with van der Waals surface area (Å²) in [5.41, 5.74) is 6.76. The Kier molecular flexibility index (Phi) is 3.36. The predicted molar refractivity (Wildman–Crippen MR) is 58.8 cm³/mol. The van der Waals surface area contributed by atoms with Gasteiger partial charge >= 0.3 is 0 Å². The second-order valence-corrected chi connectivity index (χ2v) is 3.56. The summed E-state index contributed by atoms with van der Waals surface area (Å²) in [5, 5.41) is 0. The minimum absolute atomic E-state index is 0.336. The van der Waals surface area contributed by atoms with Gasteiger partial charge in [0.1, 0.15) is 18.1 Å². The van der Waals surface area contributed by atoms with Crippen LogP contribution in [0.3, 0.4) is 0 Å². The fraction of sp³-hybridized carbons (Fsp3) is 0.455. The Morgan fingerprint density at radius 1 is 1.50 bits per heavy atom. The van der Waals surface area contributed by atoms with Crippen LogP contribution in [0.1, 0.15) is 24.6 Å². The van der Waals surface area contributed by atoms with Crippen molar-refractivity contribution in [2.75, 3.05) is 13.7 Å². The molecule has 0 saturated carbocycles. The maximum Gasteiger partial charge on any atom is 0.216 e. The van der Waals surface area contributed by atoms with Gasteiger partial charge in [0.05, 0.1) is 19.4 Å². The van der Waals surface area contributed by atoms with Crippen LogP contribution in [-0.2, 0) is 4.74 Å². The summed E-state index contributed by atoms with van der Waals surface area (Å²) in [4.78, 5) is 8.06. The summed E-state index contributed by atoms with van der Waals surface area (Å²) < 4.78 is 10.5. The second kappa shape index (κ2) is 4.94. The van der Waals surface area contributed by atoms with Gasteiger partial charge in [-0.25, -0.2) is 9.97 Å². The molecule has 0 amide bonds. The number of ether oxygens (including phenoxy) is 2. The van der Waals surface area contributed by atoms with Crippen molar-refractivity contribution in [1.29, 1.82) is 0 Å². The van der Waals surface area contributed by atoms with Crippen LogP contribution in [0.2, 0.25) is 0 Å². The number of rotatable bonds is 3. The summed E-state index contributed by atoms with van der Waals surface area (Å²) in [6.07, 6.45) is 5.51. The van der Waals surface area contributed by atoms with Gasteiger partial charge in [0.15, 0.2) is 0 Å². The molecule has 1 aromatic heterocycles. The quantitative estimate of drug-likeness (QED) is 0.829. The molecular formula is C11H15N3O2. The van der Waals surface area contributed by atoms with E-state index in [1.54, 1.807) is 13.2 Å². The Hall–Kier alpha value is -1.62. The number of allylic oxidation sites excluding steroid dienone is 1. The molecule has 1 unspecified atom stereocenters. The lowest BCUT2D eigenvalue weighted by Crippen LogP contribution is -2.19. The van der Waals surface area contributed by atoms with Crippen LogP contribution in [-0.4, -0.2) is 23.7 Å². The maximum absolute atomic E-state index is 6.05. The lowest BCUT2D eigenvalue weighted by Gasteiger charge is -2.20. The van der Waals surface area contributed by atoms with E-state index in [-0.39, 0.29) is 6.04 Å². The Bertz CT molecular complexity index is 393. The van der Waals surface area contributed by atoms with Crippen molar-refractivity contribution in [1.82, 2.24) is 9.97 Å². The molecule has 0 spiro atoms. The summed E-state index contributed by atoms with van der Waals surface area (Å²) in [5.74, 6) is 1.30. The summed E-state index contributed by atoms with van der Waals surface area (Å²) in [7, 11) is 1.56. The first-order valence-corrected chi connectivity index (χ1v) is 5.25. The van der Waals surface area contributed by atoms with Gasteiger partial charge in [0.2, 0.25) is 5.88 Å². The fourth-order valence-electron chi connectivity index (χ4n) is 1.57. The Morgan fingerprint density at radius 3 is 3.06 bits per heavy atom. The van der Waals surface area contributed by atoms with E-state index in [0.29, 0.717) is 11.6 Å². The Balaban J connectivity index is 2.19. The molecule has 5 heteroatoms. The van der Waals surface area contributed by atoms with E-state index in [1.165, 1.54) is 6.33 Å². The highest BCUT2D eigenvalue weighted by Gasteiger charge is 2.17. The molecule has 1 aromatic rings. The van der Waals surface area contributed by atoms with Gasteiger partial charge in [-0.3, -0.25) is 0 Å². The van der Waals surface area contributed by atoms with Gasteiger partial charge < -0.3 is 15.2 Å². The van der Waals surface area contributed by atoms with Gasteiger partial charge in [0, 0.05) is 6.07 Å². The molecule has 5 nitrogen and oxygen atoms in total. The zero-order valence-corrected chi connectivity index (χ0v) is 9.22. The lowest BCUT2D eigenvalue weighted by molar-refractivity contribution is 0.175. The molecule has 0 aliphatic carbocycles. The molecule has 1 aliphatic rings. The van der Waals surface area contributed by atoms with Crippen molar-refractivity contribution in [3.05, 3.63) is 29.9 Å². The van der Waals surface area contributed by atoms with Gasteiger partial charge in [0.25, 0.3) is 0 Å². The van der Waals surface area contributed by atoms with Crippen LogP contribution >= 0.6 is 0 Å². The molecule has 16 heavy (non-hydrogen) atoms. The van der Waals surface area contributed by atoms with Crippen molar-refractivity contribution >= 4 is 0 Å². The molecule has 86 valence electrons. The highest BCUT2D eigenvalue weighted by molar-refractivity contribution is 5.22. The summed E-state index contributed by atoms with van der Waals surface area (Å²) in [6, 6.07) is 1.39. The zero-order valence-electron chi connectivity index (χ0n) is 9.22. The Labute approximate surface area is 94.3 Å². The number of aromatic nitrogens is 2. The molecule has 2 N–H and O–H groups in total. The van der Waals surface area contributed by atoms with Crippen LogP contribution in [0.4, 0.5) is 0 Å². The summed E-state index contributed by atoms with van der Waals surface area (Å²) >= 11 is 0. The molecule has 2 heterocycles. The number of hydrogen-bond donors (Lipinski definition) is 1. The topological polar surface area (TPSA) is 70.3 Å². The lowest BCUT2D eigenvalue weighted by atomic mass is 10.1. The van der Waals surface area contributed by atoms with E-state index in [0.717, 1.165) is 25.2 Å². The zero-order chi connectivity index (χ0) is 11.4. The molecular weight excluding hydrogens is 206 g/mol. The van der Waals surface area contributed by atoms with E-state index >= 15 is 0 Å². The van der Waals surface area contributed by atoms with E-state index in [9.17, 15) is 0 Å². The number of hydrogen-bond acceptors (Lipinski definition) is 5. The predicted octanol–water partition coefficient (Wildman–Crippen LogP) is 1.18. The first-order chi connectivity index (χ1) is 7.81. The number of nitrogens with two attached hydrogens (primary N) is 1. The average molecular weight is 221 g/mol. The highest BCUT2D eigenvalue weighted by atomic mass is 16.5. The minimum Gasteiger partial charge on any atom is -0.496 e. The van der Waals surface area contributed by atoms with Crippen LogP contribution in [0.15, 0.2) is 24.2 Å². The van der Waals surface area contributed by atoms with Crippen molar-refractivity contribution in [3.8, 4) is 5.88 Å². The molecule has 0 radical (unpaired) electrons. The van der Waals surface area contributed by atoms with E-state index in [4.69, 9.17) is 15.2 Å². The van der Waals surface area contributed by atoms with Crippen molar-refractivity contribution in [2.45, 2.75) is 18.9 Å². The molecule has 0 fully saturated rings. The standard InChI is InChI=1S/C11H15N3O2/c1-15-10-6-8(13-7-14-10)11(12)9-4-2-3-5-16-9/h4,6-7,11H,2-3,5,12H2,1H3. The SMILES string of the molecule is COc1cc(C(N)C2=CCCCO2)ncn1. The Morgan fingerprint density at radius 2 is 2.38 bits per heavy atom. The third-order valence-corrected chi connectivity index (χ3v) is 2.46. The molecule has 1 atom stereocenters.